The van der Waals surface area contributed by atoms with Crippen molar-refractivity contribution in [3.63, 3.8) is 0 Å². The van der Waals surface area contributed by atoms with Crippen LogP contribution in [0, 0.1) is 0 Å². The van der Waals surface area contributed by atoms with Crippen LogP contribution in [0.15, 0.2) is 47.1 Å². The second-order valence-electron chi connectivity index (χ2n) is 6.14. The summed E-state index contributed by atoms with van der Waals surface area (Å²) in [5, 5.41) is 9.59. The summed E-state index contributed by atoms with van der Waals surface area (Å²) in [6.07, 6.45) is 4.42. The van der Waals surface area contributed by atoms with E-state index in [0.29, 0.717) is 6.42 Å². The van der Waals surface area contributed by atoms with Crippen LogP contribution in [0.4, 0.5) is 0 Å². The number of aryl methyl sites for hydroxylation is 1. The van der Waals surface area contributed by atoms with Crippen LogP contribution < -0.4 is 0 Å². The molecule has 1 N–H and O–H groups in total. The molecule has 5 heteroatoms. The molecule has 0 amide bonds. The fourth-order valence-electron chi connectivity index (χ4n) is 3.38. The van der Waals surface area contributed by atoms with E-state index in [4.69, 9.17) is 0 Å². The Bertz CT molecular complexity index is 718. The Morgan fingerprint density at radius 1 is 1.42 bits per heavy atom. The molecule has 1 aliphatic rings. The van der Waals surface area contributed by atoms with Gasteiger partial charge in [-0.25, -0.2) is 0 Å². The topological polar surface area (TPSA) is 53.4 Å². The summed E-state index contributed by atoms with van der Waals surface area (Å²) in [5.74, 6) is -0.752. The molecule has 1 fully saturated rings. The molecular formula is C19H21BrN2O2. The van der Waals surface area contributed by atoms with Gasteiger partial charge < -0.3 is 5.11 Å². The SMILES string of the molecule is CCc1ccc(C(c2cccc(Br)c2)N2CCCC2C(=O)O)nc1. The molecule has 2 unspecified atom stereocenters. The molecule has 0 saturated carbocycles. The highest BCUT2D eigenvalue weighted by Gasteiger charge is 2.37. The Hall–Kier alpha value is -1.72. The van der Waals surface area contributed by atoms with Crippen LogP contribution in [0.3, 0.4) is 0 Å². The second kappa shape index (κ2) is 7.45. The molecule has 2 atom stereocenters. The normalized spacial score (nSPS) is 19.3. The lowest BCUT2D eigenvalue weighted by Gasteiger charge is -2.31. The van der Waals surface area contributed by atoms with Crippen molar-refractivity contribution in [3.8, 4) is 0 Å². The smallest absolute Gasteiger partial charge is 0.320 e. The van der Waals surface area contributed by atoms with E-state index in [-0.39, 0.29) is 6.04 Å². The van der Waals surface area contributed by atoms with Crippen molar-refractivity contribution in [1.82, 2.24) is 9.88 Å². The van der Waals surface area contributed by atoms with Crippen LogP contribution in [-0.4, -0.2) is 33.5 Å². The Balaban J connectivity index is 2.04. The number of aliphatic carboxylic acids is 1. The van der Waals surface area contributed by atoms with Gasteiger partial charge in [-0.15, -0.1) is 0 Å². The monoisotopic (exact) mass is 388 g/mol. The van der Waals surface area contributed by atoms with Crippen molar-refractivity contribution >= 4 is 21.9 Å². The van der Waals surface area contributed by atoms with Crippen molar-refractivity contribution in [3.05, 3.63) is 63.9 Å². The van der Waals surface area contributed by atoms with Crippen LogP contribution in [0.5, 0.6) is 0 Å². The number of nitrogens with zero attached hydrogens (tertiary/aromatic N) is 2. The molecule has 0 bridgehead atoms. The average molecular weight is 389 g/mol. The average Bonchev–Trinajstić information content (AvgIpc) is 3.05. The summed E-state index contributed by atoms with van der Waals surface area (Å²) in [5.41, 5.74) is 3.15. The van der Waals surface area contributed by atoms with Gasteiger partial charge in [0, 0.05) is 17.2 Å². The zero-order valence-corrected chi connectivity index (χ0v) is 15.2. The predicted octanol–water partition coefficient (Wildman–Crippen LogP) is 4.04. The summed E-state index contributed by atoms with van der Waals surface area (Å²) >= 11 is 3.52. The van der Waals surface area contributed by atoms with Gasteiger partial charge in [-0.1, -0.05) is 41.1 Å². The number of carbonyl (C=O) groups is 1. The summed E-state index contributed by atoms with van der Waals surface area (Å²) < 4.78 is 0.987. The molecule has 4 nitrogen and oxygen atoms in total. The van der Waals surface area contributed by atoms with Crippen LogP contribution >= 0.6 is 15.9 Å². The Morgan fingerprint density at radius 3 is 2.88 bits per heavy atom. The molecule has 24 heavy (non-hydrogen) atoms. The largest absolute Gasteiger partial charge is 0.480 e. The molecule has 1 aromatic heterocycles. The quantitative estimate of drug-likeness (QED) is 0.839. The van der Waals surface area contributed by atoms with Gasteiger partial charge >= 0.3 is 5.97 Å². The summed E-state index contributed by atoms with van der Waals surface area (Å²) in [7, 11) is 0. The van der Waals surface area contributed by atoms with Crippen LogP contribution in [0.1, 0.15) is 42.6 Å². The number of carboxylic acid groups (broad SMARTS) is 1. The van der Waals surface area contributed by atoms with Gasteiger partial charge in [0.25, 0.3) is 0 Å². The zero-order valence-electron chi connectivity index (χ0n) is 13.7. The molecule has 1 aliphatic heterocycles. The molecule has 1 saturated heterocycles. The maximum atomic E-state index is 11.7. The predicted molar refractivity (Wildman–Crippen MR) is 97.0 cm³/mol. The Labute approximate surface area is 150 Å². The minimum absolute atomic E-state index is 0.142. The number of pyridine rings is 1. The van der Waals surface area contributed by atoms with E-state index in [2.05, 4.69) is 44.9 Å². The van der Waals surface area contributed by atoms with Gasteiger partial charge in [0.15, 0.2) is 0 Å². The highest BCUT2D eigenvalue weighted by molar-refractivity contribution is 9.10. The first-order valence-corrected chi connectivity index (χ1v) is 9.08. The van der Waals surface area contributed by atoms with Gasteiger partial charge in [0.1, 0.15) is 6.04 Å². The first kappa shape index (κ1) is 17.1. The summed E-state index contributed by atoms with van der Waals surface area (Å²) in [6.45, 7) is 2.87. The first-order valence-electron chi connectivity index (χ1n) is 8.29. The van der Waals surface area contributed by atoms with E-state index in [1.165, 1.54) is 5.56 Å². The number of aromatic nitrogens is 1. The van der Waals surface area contributed by atoms with Crippen molar-refractivity contribution in [2.24, 2.45) is 0 Å². The number of hydrogen-bond acceptors (Lipinski definition) is 3. The summed E-state index contributed by atoms with van der Waals surface area (Å²) in [6, 6.07) is 11.6. The van der Waals surface area contributed by atoms with Crippen molar-refractivity contribution in [2.45, 2.75) is 38.3 Å². The van der Waals surface area contributed by atoms with E-state index in [1.54, 1.807) is 0 Å². The lowest BCUT2D eigenvalue weighted by Crippen LogP contribution is -2.39. The third kappa shape index (κ3) is 3.52. The maximum absolute atomic E-state index is 11.7. The van der Waals surface area contributed by atoms with Gasteiger partial charge in [-0.2, -0.15) is 0 Å². The number of benzene rings is 1. The molecule has 126 valence electrons. The van der Waals surface area contributed by atoms with Gasteiger partial charge in [-0.3, -0.25) is 14.7 Å². The van der Waals surface area contributed by atoms with Crippen LogP contribution in [0.2, 0.25) is 0 Å². The van der Waals surface area contributed by atoms with Crippen LogP contribution in [0.25, 0.3) is 0 Å². The minimum atomic E-state index is -0.752. The van der Waals surface area contributed by atoms with Gasteiger partial charge in [-0.05, 0) is 48.6 Å². The van der Waals surface area contributed by atoms with Crippen LogP contribution in [-0.2, 0) is 11.2 Å². The molecule has 1 aromatic carbocycles. The molecular weight excluding hydrogens is 368 g/mol. The Morgan fingerprint density at radius 2 is 2.25 bits per heavy atom. The fraction of sp³-hybridized carbons (Fsp3) is 0.368. The molecule has 2 heterocycles. The number of halogens is 1. The third-order valence-corrected chi connectivity index (χ3v) is 5.10. The van der Waals surface area contributed by atoms with Crippen molar-refractivity contribution in [2.75, 3.05) is 6.54 Å². The van der Waals surface area contributed by atoms with Gasteiger partial charge in [0.2, 0.25) is 0 Å². The number of likely N-dealkylation sites (tertiary alicyclic amines) is 1. The van der Waals surface area contributed by atoms with Crippen molar-refractivity contribution in [1.29, 1.82) is 0 Å². The molecule has 0 radical (unpaired) electrons. The maximum Gasteiger partial charge on any atom is 0.320 e. The molecule has 3 rings (SSSR count). The van der Waals surface area contributed by atoms with Gasteiger partial charge in [0.05, 0.1) is 11.7 Å². The lowest BCUT2D eigenvalue weighted by molar-refractivity contribution is -0.142. The van der Waals surface area contributed by atoms with E-state index < -0.39 is 12.0 Å². The first-order chi connectivity index (χ1) is 11.6. The highest BCUT2D eigenvalue weighted by atomic mass is 79.9. The number of rotatable bonds is 5. The second-order valence-corrected chi connectivity index (χ2v) is 7.05. The van der Waals surface area contributed by atoms with Crippen molar-refractivity contribution < 1.29 is 9.90 Å². The summed E-state index contributed by atoms with van der Waals surface area (Å²) in [4.78, 5) is 18.4. The molecule has 0 spiro atoms. The lowest BCUT2D eigenvalue weighted by atomic mass is 9.99. The molecule has 2 aromatic rings. The molecule has 0 aliphatic carbocycles. The van der Waals surface area contributed by atoms with E-state index in [1.807, 2.05) is 30.5 Å². The fourth-order valence-corrected chi connectivity index (χ4v) is 3.80. The minimum Gasteiger partial charge on any atom is -0.480 e. The number of hydrogen-bond donors (Lipinski definition) is 1. The van der Waals surface area contributed by atoms with E-state index >= 15 is 0 Å². The number of carboxylic acids is 1. The standard InChI is InChI=1S/C19H21BrN2O2/c1-2-13-8-9-16(21-12-13)18(14-5-3-6-15(20)11-14)22-10-4-7-17(22)19(23)24/h3,5-6,8-9,11-12,17-18H,2,4,7,10H2,1H3,(H,23,24). The Kier molecular flexibility index (Phi) is 5.31. The highest BCUT2D eigenvalue weighted by Crippen LogP contribution is 2.35. The van der Waals surface area contributed by atoms with E-state index in [0.717, 1.165) is 35.1 Å². The van der Waals surface area contributed by atoms with E-state index in [9.17, 15) is 9.90 Å². The zero-order chi connectivity index (χ0) is 17.1. The third-order valence-electron chi connectivity index (χ3n) is 4.61.